The van der Waals surface area contributed by atoms with E-state index in [0.29, 0.717) is 18.8 Å². The summed E-state index contributed by atoms with van der Waals surface area (Å²) in [6.45, 7) is 3.81. The summed E-state index contributed by atoms with van der Waals surface area (Å²) in [6.07, 6.45) is 5.44. The second kappa shape index (κ2) is 5.58. The topological polar surface area (TPSA) is 63.9 Å². The molecule has 6 nitrogen and oxygen atoms in total. The molecule has 0 unspecified atom stereocenters. The molecule has 0 saturated heterocycles. The first-order valence-electron chi connectivity index (χ1n) is 7.38. The van der Waals surface area contributed by atoms with E-state index in [1.54, 1.807) is 6.20 Å². The van der Waals surface area contributed by atoms with Crippen molar-refractivity contribution >= 4 is 17.2 Å². The van der Waals surface area contributed by atoms with Gasteiger partial charge in [0.15, 0.2) is 0 Å². The van der Waals surface area contributed by atoms with Gasteiger partial charge in [-0.05, 0) is 19.1 Å². The molecule has 4 rings (SSSR count). The van der Waals surface area contributed by atoms with Crippen LogP contribution >= 0.6 is 11.3 Å². The fourth-order valence-electron chi connectivity index (χ4n) is 2.80. The van der Waals surface area contributed by atoms with E-state index in [0.717, 1.165) is 28.6 Å². The SMILES string of the molecule is Cc1nc(C(=O)N2CCn3c(-c4cccnc4)cnc3C2)cs1. The summed E-state index contributed by atoms with van der Waals surface area (Å²) >= 11 is 1.50. The van der Waals surface area contributed by atoms with Crippen LogP contribution in [0.4, 0.5) is 0 Å². The van der Waals surface area contributed by atoms with Gasteiger partial charge in [-0.1, -0.05) is 0 Å². The van der Waals surface area contributed by atoms with E-state index in [2.05, 4.69) is 19.5 Å². The largest absolute Gasteiger partial charge is 0.328 e. The Morgan fingerprint density at radius 2 is 2.22 bits per heavy atom. The highest BCUT2D eigenvalue weighted by Crippen LogP contribution is 2.24. The highest BCUT2D eigenvalue weighted by Gasteiger charge is 2.25. The lowest BCUT2D eigenvalue weighted by molar-refractivity contribution is 0.0702. The fraction of sp³-hybridized carbons (Fsp3) is 0.250. The number of carbonyl (C=O) groups is 1. The number of hydrogen-bond acceptors (Lipinski definition) is 5. The molecule has 23 heavy (non-hydrogen) atoms. The summed E-state index contributed by atoms with van der Waals surface area (Å²) in [5, 5.41) is 2.73. The van der Waals surface area contributed by atoms with Crippen LogP contribution < -0.4 is 0 Å². The third kappa shape index (κ3) is 2.53. The van der Waals surface area contributed by atoms with Crippen molar-refractivity contribution in [2.75, 3.05) is 6.54 Å². The number of amides is 1. The van der Waals surface area contributed by atoms with Crippen LogP contribution in [0.5, 0.6) is 0 Å². The number of hydrogen-bond donors (Lipinski definition) is 0. The minimum Gasteiger partial charge on any atom is -0.328 e. The lowest BCUT2D eigenvalue weighted by Gasteiger charge is -2.28. The van der Waals surface area contributed by atoms with Crippen molar-refractivity contribution in [3.63, 3.8) is 0 Å². The maximum absolute atomic E-state index is 12.5. The number of rotatable bonds is 2. The Morgan fingerprint density at radius 3 is 2.96 bits per heavy atom. The second-order valence-corrected chi connectivity index (χ2v) is 6.49. The average molecular weight is 325 g/mol. The first-order valence-corrected chi connectivity index (χ1v) is 8.26. The molecule has 4 heterocycles. The molecule has 0 fully saturated rings. The lowest BCUT2D eigenvalue weighted by atomic mass is 10.2. The number of fused-ring (bicyclic) bond motifs is 1. The smallest absolute Gasteiger partial charge is 0.273 e. The Balaban J connectivity index is 1.59. The molecule has 116 valence electrons. The lowest BCUT2D eigenvalue weighted by Crippen LogP contribution is -2.38. The normalized spacial score (nSPS) is 13.9. The third-order valence-electron chi connectivity index (χ3n) is 3.95. The van der Waals surface area contributed by atoms with Crippen LogP contribution in [0.2, 0.25) is 0 Å². The quantitative estimate of drug-likeness (QED) is 0.725. The van der Waals surface area contributed by atoms with Gasteiger partial charge < -0.3 is 9.47 Å². The van der Waals surface area contributed by atoms with Crippen molar-refractivity contribution in [1.29, 1.82) is 0 Å². The number of thiazole rings is 1. The van der Waals surface area contributed by atoms with E-state index in [9.17, 15) is 4.79 Å². The molecule has 0 N–H and O–H groups in total. The summed E-state index contributed by atoms with van der Waals surface area (Å²) < 4.78 is 2.16. The highest BCUT2D eigenvalue weighted by atomic mass is 32.1. The molecule has 3 aromatic rings. The van der Waals surface area contributed by atoms with Gasteiger partial charge in [-0.2, -0.15) is 0 Å². The van der Waals surface area contributed by atoms with Crippen molar-refractivity contribution in [2.45, 2.75) is 20.0 Å². The zero-order valence-electron chi connectivity index (χ0n) is 12.6. The Labute approximate surface area is 137 Å². The van der Waals surface area contributed by atoms with Gasteiger partial charge in [0.05, 0.1) is 23.4 Å². The van der Waals surface area contributed by atoms with E-state index in [1.165, 1.54) is 11.3 Å². The van der Waals surface area contributed by atoms with Crippen LogP contribution in [0.25, 0.3) is 11.3 Å². The van der Waals surface area contributed by atoms with E-state index in [-0.39, 0.29) is 5.91 Å². The molecule has 0 atom stereocenters. The van der Waals surface area contributed by atoms with Gasteiger partial charge in [-0.15, -0.1) is 11.3 Å². The summed E-state index contributed by atoms with van der Waals surface area (Å²) in [5.41, 5.74) is 2.62. The summed E-state index contributed by atoms with van der Waals surface area (Å²) in [7, 11) is 0. The molecule has 0 aliphatic carbocycles. The molecule has 0 aromatic carbocycles. The molecular formula is C16H15N5OS. The van der Waals surface area contributed by atoms with Crippen LogP contribution in [-0.4, -0.2) is 36.9 Å². The van der Waals surface area contributed by atoms with Gasteiger partial charge >= 0.3 is 0 Å². The molecule has 1 amide bonds. The average Bonchev–Trinajstić information content (AvgIpc) is 3.20. The van der Waals surface area contributed by atoms with E-state index >= 15 is 0 Å². The molecule has 0 spiro atoms. The van der Waals surface area contributed by atoms with Gasteiger partial charge in [-0.3, -0.25) is 9.78 Å². The van der Waals surface area contributed by atoms with Gasteiger partial charge in [0.1, 0.15) is 11.5 Å². The molecule has 1 aliphatic rings. The molecule has 7 heteroatoms. The molecule has 0 radical (unpaired) electrons. The second-order valence-electron chi connectivity index (χ2n) is 5.43. The predicted molar refractivity (Wildman–Crippen MR) is 87.0 cm³/mol. The molecule has 0 saturated carbocycles. The predicted octanol–water partition coefficient (Wildman–Crippen LogP) is 2.37. The van der Waals surface area contributed by atoms with Crippen LogP contribution in [-0.2, 0) is 13.1 Å². The van der Waals surface area contributed by atoms with E-state index < -0.39 is 0 Å². The maximum Gasteiger partial charge on any atom is 0.273 e. The Hall–Kier alpha value is -2.54. The van der Waals surface area contributed by atoms with Crippen molar-refractivity contribution in [3.8, 4) is 11.3 Å². The minimum atomic E-state index is -0.0217. The van der Waals surface area contributed by atoms with E-state index in [4.69, 9.17) is 0 Å². The van der Waals surface area contributed by atoms with Crippen LogP contribution in [0.3, 0.4) is 0 Å². The molecular weight excluding hydrogens is 310 g/mol. The number of aromatic nitrogens is 4. The van der Waals surface area contributed by atoms with Crippen LogP contribution in [0, 0.1) is 6.92 Å². The Kier molecular flexibility index (Phi) is 3.42. The zero-order chi connectivity index (χ0) is 15.8. The Morgan fingerprint density at radius 1 is 1.30 bits per heavy atom. The van der Waals surface area contributed by atoms with Crippen molar-refractivity contribution in [3.05, 3.63) is 52.6 Å². The van der Waals surface area contributed by atoms with Gasteiger partial charge in [0.25, 0.3) is 5.91 Å². The monoisotopic (exact) mass is 325 g/mol. The van der Waals surface area contributed by atoms with Crippen molar-refractivity contribution in [2.24, 2.45) is 0 Å². The van der Waals surface area contributed by atoms with Crippen LogP contribution in [0.15, 0.2) is 36.1 Å². The van der Waals surface area contributed by atoms with Gasteiger partial charge in [-0.25, -0.2) is 9.97 Å². The molecule has 0 bridgehead atoms. The number of imidazole rings is 1. The standard InChI is InChI=1S/C16H15N5OS/c1-11-19-13(10-23-11)16(22)20-5-6-21-14(8-18-15(21)9-20)12-3-2-4-17-7-12/h2-4,7-8,10H,5-6,9H2,1H3. The van der Waals surface area contributed by atoms with Crippen molar-refractivity contribution in [1.82, 2.24) is 24.4 Å². The number of carbonyl (C=O) groups excluding carboxylic acids is 1. The Bertz CT molecular complexity index is 854. The minimum absolute atomic E-state index is 0.0217. The summed E-state index contributed by atoms with van der Waals surface area (Å²) in [4.78, 5) is 27.3. The third-order valence-corrected chi connectivity index (χ3v) is 4.72. The summed E-state index contributed by atoms with van der Waals surface area (Å²) in [6, 6.07) is 3.94. The zero-order valence-corrected chi connectivity index (χ0v) is 13.5. The first kappa shape index (κ1) is 14.1. The number of aryl methyl sites for hydroxylation is 1. The molecule has 1 aliphatic heterocycles. The summed E-state index contributed by atoms with van der Waals surface area (Å²) in [5.74, 6) is 0.877. The van der Waals surface area contributed by atoms with Gasteiger partial charge in [0, 0.05) is 36.4 Å². The van der Waals surface area contributed by atoms with E-state index in [1.807, 2.05) is 41.7 Å². The molecule has 3 aromatic heterocycles. The van der Waals surface area contributed by atoms with Gasteiger partial charge in [0.2, 0.25) is 0 Å². The number of nitrogens with zero attached hydrogens (tertiary/aromatic N) is 5. The van der Waals surface area contributed by atoms with Crippen LogP contribution in [0.1, 0.15) is 21.3 Å². The fourth-order valence-corrected chi connectivity index (χ4v) is 3.39. The first-order chi connectivity index (χ1) is 11.2. The maximum atomic E-state index is 12.5. The van der Waals surface area contributed by atoms with Crippen molar-refractivity contribution < 1.29 is 4.79 Å². The highest BCUT2D eigenvalue weighted by molar-refractivity contribution is 7.09. The number of pyridine rings is 1.